The highest BCUT2D eigenvalue weighted by Gasteiger charge is 2.45. The molecule has 0 spiro atoms. The van der Waals surface area contributed by atoms with Gasteiger partial charge in [-0.1, -0.05) is 59.2 Å². The summed E-state index contributed by atoms with van der Waals surface area (Å²) in [4.78, 5) is 73.7. The van der Waals surface area contributed by atoms with Gasteiger partial charge >= 0.3 is 0 Å². The lowest BCUT2D eigenvalue weighted by Crippen LogP contribution is -2.34. The van der Waals surface area contributed by atoms with Crippen LogP contribution in [0.15, 0.2) is 110 Å². The van der Waals surface area contributed by atoms with E-state index < -0.39 is 35.1 Å². The summed E-state index contributed by atoms with van der Waals surface area (Å²) < 4.78 is 0. The van der Waals surface area contributed by atoms with Gasteiger partial charge in [0, 0.05) is 70.5 Å². The predicted molar refractivity (Wildman–Crippen MR) is 395 cm³/mol. The third-order valence-corrected chi connectivity index (χ3v) is 9.92. The molecule has 0 aromatic heterocycles. The average molecular weight is 1500 g/mol. The second-order valence-electron chi connectivity index (χ2n) is 25.1. The maximum Gasteiger partial charge on any atom is 0.240 e. The minimum Gasteiger partial charge on any atom is -0.396 e. The van der Waals surface area contributed by atoms with E-state index in [4.69, 9.17) is 94.6 Å². The molecule has 3 saturated carbocycles. The summed E-state index contributed by atoms with van der Waals surface area (Å²) in [6.45, 7) is 66.7. The molecule has 2 amide bonds. The van der Waals surface area contributed by atoms with Crippen molar-refractivity contribution in [3.05, 3.63) is 110 Å². The number of carbonyl (C=O) groups is 2. The summed E-state index contributed by atoms with van der Waals surface area (Å²) in [6.07, 6.45) is 3.49. The largest absolute Gasteiger partial charge is 0.396 e. The summed E-state index contributed by atoms with van der Waals surface area (Å²) in [5, 5.41) is 95.0. The fourth-order valence-electron chi connectivity index (χ4n) is 4.06. The molecule has 612 valence electrons. The van der Waals surface area contributed by atoms with Crippen LogP contribution in [0.1, 0.15) is 170 Å². The lowest BCUT2D eigenvalue weighted by atomic mass is 10.1. The Hall–Kier alpha value is -6.08. The lowest BCUT2D eigenvalue weighted by Gasteiger charge is -2.22. The van der Waals surface area contributed by atoms with Crippen LogP contribution in [0, 0.1) is 5.41 Å². The number of nitrogens with one attached hydrogen (secondary N) is 11. The first-order valence-corrected chi connectivity index (χ1v) is 32.9. The Kier molecular flexibility index (Phi) is 78.3. The summed E-state index contributed by atoms with van der Waals surface area (Å²) in [7, 11) is 0. The summed E-state index contributed by atoms with van der Waals surface area (Å²) in [5.74, 6) is -0.505. The fraction of sp³-hybridized carbons (Fsp3) is 0.706. The first-order chi connectivity index (χ1) is 47.6. The third kappa shape index (κ3) is 109. The van der Waals surface area contributed by atoms with Crippen LogP contribution in [0.2, 0.25) is 0 Å². The summed E-state index contributed by atoms with van der Waals surface area (Å²) in [5.41, 5.74) is 32.5. The molecule has 3 aliphatic carbocycles. The van der Waals surface area contributed by atoms with E-state index in [0.717, 1.165) is 89.8 Å². The Morgan fingerprint density at radius 2 is 0.699 bits per heavy atom. The van der Waals surface area contributed by atoms with Crippen molar-refractivity contribution in [3.8, 4) is 0 Å². The molecular weight excluding hydrogens is 1350 g/mol. The van der Waals surface area contributed by atoms with Gasteiger partial charge < -0.3 is 56.2 Å². The molecule has 0 heterocycles. The van der Waals surface area contributed by atoms with Gasteiger partial charge in [-0.05, 0) is 156 Å². The maximum absolute atomic E-state index is 10.3. The Bertz CT molecular complexity index is 2070. The van der Waals surface area contributed by atoms with E-state index in [1.165, 1.54) is 13.8 Å². The molecule has 0 bridgehead atoms. The minimum absolute atomic E-state index is 0.0142. The van der Waals surface area contributed by atoms with E-state index in [2.05, 4.69) is 129 Å². The van der Waals surface area contributed by atoms with Gasteiger partial charge in [0.1, 0.15) is 55.9 Å². The molecule has 0 aliphatic heterocycles. The number of allylic oxidation sites excluding steroid dienone is 9. The highest BCUT2D eigenvalue weighted by atomic mass is 16.7. The third-order valence-electron chi connectivity index (χ3n) is 9.92. The quantitative estimate of drug-likeness (QED) is 0.0307. The van der Waals surface area contributed by atoms with Crippen LogP contribution in [0.5, 0.6) is 0 Å². The maximum atomic E-state index is 10.3. The van der Waals surface area contributed by atoms with Crippen molar-refractivity contribution in [2.45, 2.75) is 224 Å². The van der Waals surface area contributed by atoms with Crippen LogP contribution in [-0.4, -0.2) is 207 Å². The molecule has 3 aliphatic rings. The van der Waals surface area contributed by atoms with Crippen molar-refractivity contribution in [1.82, 2.24) is 60.3 Å². The number of hydroxylamine groups is 11. The van der Waals surface area contributed by atoms with Gasteiger partial charge in [0.25, 0.3) is 0 Å². The van der Waals surface area contributed by atoms with Crippen molar-refractivity contribution < 1.29 is 119 Å². The number of rotatable bonds is 43. The van der Waals surface area contributed by atoms with Crippen molar-refractivity contribution in [1.29, 1.82) is 0 Å². The first-order valence-electron chi connectivity index (χ1n) is 32.9. The topological polar surface area (TPSA) is 491 Å². The molecular formula is C68H141N11O24. The van der Waals surface area contributed by atoms with Crippen molar-refractivity contribution in [2.24, 2.45) is 5.41 Å². The first kappa shape index (κ1) is 113. The Morgan fingerprint density at radius 3 is 0.932 bits per heavy atom. The van der Waals surface area contributed by atoms with Gasteiger partial charge in [0.2, 0.25) is 11.8 Å². The second-order valence-corrected chi connectivity index (χ2v) is 25.1. The van der Waals surface area contributed by atoms with Crippen LogP contribution < -0.4 is 60.3 Å². The molecule has 2 unspecified atom stereocenters. The number of carbonyl (C=O) groups excluding carboxylic acids is 2. The van der Waals surface area contributed by atoms with E-state index in [-0.39, 0.29) is 102 Å². The van der Waals surface area contributed by atoms with Gasteiger partial charge in [0.15, 0.2) is 0 Å². The van der Waals surface area contributed by atoms with Crippen LogP contribution in [0.3, 0.4) is 0 Å². The van der Waals surface area contributed by atoms with Crippen LogP contribution in [0.4, 0.5) is 0 Å². The van der Waals surface area contributed by atoms with Gasteiger partial charge in [0.05, 0.1) is 83.4 Å². The Labute approximate surface area is 614 Å². The van der Waals surface area contributed by atoms with Gasteiger partial charge in [-0.15, -0.1) is 0 Å². The van der Waals surface area contributed by atoms with Crippen molar-refractivity contribution >= 4 is 11.8 Å². The number of aliphatic hydroxyl groups excluding tert-OH is 10. The zero-order valence-corrected chi connectivity index (χ0v) is 65.5. The molecule has 0 aromatic rings. The van der Waals surface area contributed by atoms with Crippen LogP contribution >= 0.6 is 0 Å². The fourth-order valence-corrected chi connectivity index (χ4v) is 4.06. The second kappa shape index (κ2) is 71.5. The monoisotopic (exact) mass is 1500 g/mol. The smallest absolute Gasteiger partial charge is 0.240 e. The van der Waals surface area contributed by atoms with E-state index in [1.54, 1.807) is 111 Å². The molecule has 35 heteroatoms. The molecule has 6 atom stereocenters. The molecule has 0 aromatic carbocycles. The van der Waals surface area contributed by atoms with Gasteiger partial charge in [-0.3, -0.25) is 112 Å². The number of hydrogen-bond donors (Lipinski definition) is 22. The molecule has 0 radical (unpaired) electrons. The number of amides is 2. The van der Waals surface area contributed by atoms with E-state index >= 15 is 0 Å². The van der Waals surface area contributed by atoms with E-state index in [0.29, 0.717) is 19.8 Å². The average Bonchev–Trinajstić information content (AvgIpc) is 1.70. The highest BCUT2D eigenvalue weighted by molar-refractivity contribution is 5.71. The number of aliphatic hydroxyl groups is 11. The van der Waals surface area contributed by atoms with Gasteiger partial charge in [-0.2, -0.15) is 0 Å². The molecule has 3 rings (SSSR count). The SMILES string of the molecule is C=C(C)NOC(C)(C)CO.C=C(C)NOC(C)CO.C=C(C)NOCC(C)O.C=C(C)NOCC1(CO)CC1.C=C(C)NOCC1(O)CC1.C=C(C)NOCCO.C=C(C)NOC[C@@H](C)O.C=C(C)NOC[C@H](C)O.C=C(C)NO[C@@H](C)CO.CC(=O)NOC1(CO)CC1.CC(=O)NO[C@H](C)CO. The standard InChI is InChI=1S/C8H15NO2.C7H13NO2.C7H15NO2.C6H11NO3.5C6H13NO2.C5H11NO3.C5H11NO2/c1-7(2)9-11-6-8(5-10)3-4-8;1-6(2)8-10-5-7(9)3-4-7;1-6(2)8-10-7(3,4)5-9;1-5(9)7-10-6(4-8)2-3-6;3*1-5(2)7-9-4-6(3)8;2*1-5(2)7-9-6(3)4-8;1-4(3-7)9-6-5(2)8;1-5(2)6-8-4-3-7/h9-10H,1,3-6H2,2H3;8-9H,1,3-5H2,2H3;8-9H,1,5H2,2-4H3;8H,2-4H2,1H3,(H,7,9);5*6-8H,1,4H2,2-3H3;4,7H,3H2,1-2H3,(H,6,8);6-7H,1,3-4H2,2H3/t;;;;2*6-;;6-;;4-;/m....10.0.1./s1. The van der Waals surface area contributed by atoms with Crippen LogP contribution in [-0.2, 0) is 62.8 Å². The minimum atomic E-state index is -0.543. The van der Waals surface area contributed by atoms with Crippen LogP contribution in [0.25, 0.3) is 0 Å². The molecule has 35 nitrogen and oxygen atoms in total. The Balaban J connectivity index is -0.000000161. The van der Waals surface area contributed by atoms with E-state index in [1.807, 2.05) is 6.92 Å². The number of hydrogen-bond acceptors (Lipinski definition) is 33. The van der Waals surface area contributed by atoms with Gasteiger partial charge in [-0.25, -0.2) is 11.0 Å². The molecule has 103 heavy (non-hydrogen) atoms. The molecule has 3 fully saturated rings. The Morgan fingerprint density at radius 1 is 0.398 bits per heavy atom. The zero-order valence-electron chi connectivity index (χ0n) is 65.5. The summed E-state index contributed by atoms with van der Waals surface area (Å²) in [6, 6.07) is 0. The highest BCUT2D eigenvalue weighted by Crippen LogP contribution is 2.45. The lowest BCUT2D eigenvalue weighted by molar-refractivity contribution is -0.141. The molecule has 22 N–H and O–H groups in total. The van der Waals surface area contributed by atoms with E-state index in [9.17, 15) is 14.7 Å². The summed E-state index contributed by atoms with van der Waals surface area (Å²) >= 11 is 0. The normalized spacial score (nSPS) is 14.5. The molecule has 0 saturated heterocycles. The predicted octanol–water partition coefficient (Wildman–Crippen LogP) is 3.35. The van der Waals surface area contributed by atoms with Crippen molar-refractivity contribution in [2.75, 3.05) is 85.9 Å². The van der Waals surface area contributed by atoms with Crippen molar-refractivity contribution in [3.63, 3.8) is 0 Å². The zero-order chi connectivity index (χ0) is 81.8.